The highest BCUT2D eigenvalue weighted by atomic mass is 32.2. The molecule has 0 radical (unpaired) electrons. The van der Waals surface area contributed by atoms with Crippen molar-refractivity contribution in [2.24, 2.45) is 5.92 Å². The zero-order valence-electron chi connectivity index (χ0n) is 11.8. The Morgan fingerprint density at radius 2 is 1.95 bits per heavy atom. The average Bonchev–Trinajstić information content (AvgIpc) is 3.24. The number of carbonyl (C=O) groups excluding carboxylic acids is 2. The molecule has 0 unspecified atom stereocenters. The van der Waals surface area contributed by atoms with Crippen LogP contribution in [0, 0.1) is 5.92 Å². The first-order valence-corrected chi connectivity index (χ1v) is 8.18. The summed E-state index contributed by atoms with van der Waals surface area (Å²) >= 11 is 1.51. The molecule has 20 heavy (non-hydrogen) atoms. The number of amides is 2. The maximum atomic E-state index is 11.6. The quantitative estimate of drug-likeness (QED) is 0.847. The van der Waals surface area contributed by atoms with Gasteiger partial charge in [0.2, 0.25) is 11.8 Å². The van der Waals surface area contributed by atoms with Gasteiger partial charge >= 0.3 is 0 Å². The van der Waals surface area contributed by atoms with Crippen LogP contribution < -0.4 is 10.6 Å². The van der Waals surface area contributed by atoms with Gasteiger partial charge in [0.1, 0.15) is 0 Å². The first-order valence-electron chi connectivity index (χ1n) is 6.79. The molecule has 1 aliphatic carbocycles. The van der Waals surface area contributed by atoms with E-state index in [1.807, 2.05) is 37.4 Å². The van der Waals surface area contributed by atoms with Crippen molar-refractivity contribution in [3.63, 3.8) is 0 Å². The Balaban J connectivity index is 1.89. The Kier molecular flexibility index (Phi) is 5.06. The standard InChI is InChI=1S/C15H20N2O2S/c1-10(16-14(18)9-20-2)11-5-7-13(8-6-11)17-15(19)12-3-4-12/h5-8,10,12H,3-4,9H2,1-2H3,(H,16,18)(H,17,19)/t10-/m1/s1. The molecule has 1 atom stereocenters. The number of rotatable bonds is 6. The fourth-order valence-electron chi connectivity index (χ4n) is 1.94. The molecule has 0 saturated heterocycles. The van der Waals surface area contributed by atoms with Gasteiger partial charge in [-0.1, -0.05) is 12.1 Å². The van der Waals surface area contributed by atoms with E-state index in [-0.39, 0.29) is 23.8 Å². The van der Waals surface area contributed by atoms with E-state index >= 15 is 0 Å². The predicted molar refractivity (Wildman–Crippen MR) is 82.7 cm³/mol. The summed E-state index contributed by atoms with van der Waals surface area (Å²) < 4.78 is 0. The maximum Gasteiger partial charge on any atom is 0.230 e. The van der Waals surface area contributed by atoms with E-state index in [9.17, 15) is 9.59 Å². The van der Waals surface area contributed by atoms with Gasteiger partial charge in [-0.25, -0.2) is 0 Å². The zero-order chi connectivity index (χ0) is 14.5. The second-order valence-electron chi connectivity index (χ2n) is 5.11. The van der Waals surface area contributed by atoms with E-state index in [0.29, 0.717) is 5.75 Å². The Morgan fingerprint density at radius 1 is 1.30 bits per heavy atom. The van der Waals surface area contributed by atoms with Crippen molar-refractivity contribution in [1.82, 2.24) is 5.32 Å². The van der Waals surface area contributed by atoms with E-state index < -0.39 is 0 Å². The van der Waals surface area contributed by atoms with Gasteiger partial charge in [0.05, 0.1) is 11.8 Å². The fourth-order valence-corrected chi connectivity index (χ4v) is 2.29. The largest absolute Gasteiger partial charge is 0.349 e. The number of benzene rings is 1. The molecular weight excluding hydrogens is 272 g/mol. The molecule has 2 N–H and O–H groups in total. The van der Waals surface area contributed by atoms with Gasteiger partial charge in [0.15, 0.2) is 0 Å². The number of hydrogen-bond donors (Lipinski definition) is 2. The highest BCUT2D eigenvalue weighted by molar-refractivity contribution is 7.99. The molecule has 4 nitrogen and oxygen atoms in total. The molecule has 0 heterocycles. The van der Waals surface area contributed by atoms with Crippen LogP contribution in [0.25, 0.3) is 0 Å². The number of carbonyl (C=O) groups is 2. The second-order valence-corrected chi connectivity index (χ2v) is 5.97. The highest BCUT2D eigenvalue weighted by Gasteiger charge is 2.29. The summed E-state index contributed by atoms with van der Waals surface area (Å²) in [5, 5.41) is 5.84. The van der Waals surface area contributed by atoms with Crippen LogP contribution in [0.2, 0.25) is 0 Å². The third-order valence-corrected chi connectivity index (χ3v) is 3.83. The van der Waals surface area contributed by atoms with E-state index in [0.717, 1.165) is 24.1 Å². The fraction of sp³-hybridized carbons (Fsp3) is 0.467. The lowest BCUT2D eigenvalue weighted by Crippen LogP contribution is -2.28. The van der Waals surface area contributed by atoms with Crippen molar-refractivity contribution >= 4 is 29.3 Å². The number of thioether (sulfide) groups is 1. The van der Waals surface area contributed by atoms with Gasteiger partial charge in [-0.05, 0) is 43.7 Å². The normalized spacial score (nSPS) is 15.5. The van der Waals surface area contributed by atoms with Crippen LogP contribution in [-0.2, 0) is 9.59 Å². The molecular formula is C15H20N2O2S. The molecule has 0 aromatic heterocycles. The Morgan fingerprint density at radius 3 is 2.50 bits per heavy atom. The van der Waals surface area contributed by atoms with Gasteiger partial charge in [-0.3, -0.25) is 9.59 Å². The summed E-state index contributed by atoms with van der Waals surface area (Å²) in [7, 11) is 0. The van der Waals surface area contributed by atoms with Crippen LogP contribution in [0.5, 0.6) is 0 Å². The smallest absolute Gasteiger partial charge is 0.230 e. The van der Waals surface area contributed by atoms with E-state index in [2.05, 4.69) is 10.6 Å². The zero-order valence-corrected chi connectivity index (χ0v) is 12.6. The number of anilines is 1. The number of hydrogen-bond acceptors (Lipinski definition) is 3. The van der Waals surface area contributed by atoms with Gasteiger partial charge in [-0.15, -0.1) is 0 Å². The van der Waals surface area contributed by atoms with Crippen molar-refractivity contribution in [3.05, 3.63) is 29.8 Å². The average molecular weight is 292 g/mol. The molecule has 1 saturated carbocycles. The van der Waals surface area contributed by atoms with E-state index in [4.69, 9.17) is 0 Å². The topological polar surface area (TPSA) is 58.2 Å². The third kappa shape index (κ3) is 4.27. The van der Waals surface area contributed by atoms with Crippen molar-refractivity contribution < 1.29 is 9.59 Å². The first-order chi connectivity index (χ1) is 9.60. The monoisotopic (exact) mass is 292 g/mol. The van der Waals surface area contributed by atoms with Gasteiger partial charge in [0.25, 0.3) is 0 Å². The summed E-state index contributed by atoms with van der Waals surface area (Å²) in [5.41, 5.74) is 1.84. The second kappa shape index (κ2) is 6.79. The summed E-state index contributed by atoms with van der Waals surface area (Å²) in [6, 6.07) is 7.61. The van der Waals surface area contributed by atoms with Crippen molar-refractivity contribution in [2.45, 2.75) is 25.8 Å². The van der Waals surface area contributed by atoms with Crippen molar-refractivity contribution in [3.8, 4) is 0 Å². The van der Waals surface area contributed by atoms with Crippen molar-refractivity contribution in [2.75, 3.05) is 17.3 Å². The summed E-state index contributed by atoms with van der Waals surface area (Å²) in [6.07, 6.45) is 3.91. The molecule has 0 spiro atoms. The molecule has 0 bridgehead atoms. The number of nitrogens with one attached hydrogen (secondary N) is 2. The van der Waals surface area contributed by atoms with E-state index in [1.165, 1.54) is 11.8 Å². The highest BCUT2D eigenvalue weighted by Crippen LogP contribution is 2.30. The summed E-state index contributed by atoms with van der Waals surface area (Å²) in [4.78, 5) is 23.2. The summed E-state index contributed by atoms with van der Waals surface area (Å²) in [5.74, 6) is 0.828. The third-order valence-electron chi connectivity index (χ3n) is 3.28. The van der Waals surface area contributed by atoms with Gasteiger partial charge in [-0.2, -0.15) is 11.8 Å². The SMILES string of the molecule is CSCC(=O)N[C@H](C)c1ccc(NC(=O)C2CC2)cc1. The molecule has 108 valence electrons. The molecule has 1 aromatic rings. The first kappa shape index (κ1) is 14.9. The molecule has 0 aliphatic heterocycles. The lowest BCUT2D eigenvalue weighted by molar-refractivity contribution is -0.119. The van der Waals surface area contributed by atoms with Crippen LogP contribution in [0.1, 0.15) is 31.4 Å². The Hall–Kier alpha value is -1.49. The lowest BCUT2D eigenvalue weighted by atomic mass is 10.1. The molecule has 1 fully saturated rings. The molecule has 1 aromatic carbocycles. The molecule has 2 rings (SSSR count). The van der Waals surface area contributed by atoms with E-state index in [1.54, 1.807) is 0 Å². The van der Waals surface area contributed by atoms with Crippen LogP contribution in [0.4, 0.5) is 5.69 Å². The van der Waals surface area contributed by atoms with Crippen LogP contribution >= 0.6 is 11.8 Å². The van der Waals surface area contributed by atoms with Crippen LogP contribution in [0.3, 0.4) is 0 Å². The minimum atomic E-state index is -0.0252. The Labute approximate surface area is 123 Å². The molecule has 1 aliphatic rings. The minimum absolute atomic E-state index is 0.0252. The van der Waals surface area contributed by atoms with Gasteiger partial charge < -0.3 is 10.6 Å². The maximum absolute atomic E-state index is 11.6. The molecule has 2 amide bonds. The summed E-state index contributed by atoms with van der Waals surface area (Å²) in [6.45, 7) is 1.95. The van der Waals surface area contributed by atoms with Crippen LogP contribution in [0.15, 0.2) is 24.3 Å². The Bertz CT molecular complexity index is 483. The lowest BCUT2D eigenvalue weighted by Gasteiger charge is -2.14. The predicted octanol–water partition coefficient (Wildman–Crippen LogP) is 2.58. The minimum Gasteiger partial charge on any atom is -0.349 e. The van der Waals surface area contributed by atoms with Crippen LogP contribution in [-0.4, -0.2) is 23.8 Å². The van der Waals surface area contributed by atoms with Crippen molar-refractivity contribution in [1.29, 1.82) is 0 Å². The van der Waals surface area contributed by atoms with Gasteiger partial charge in [0, 0.05) is 11.6 Å². The molecule has 5 heteroatoms.